The van der Waals surface area contributed by atoms with E-state index in [1.54, 1.807) is 0 Å². The largest absolute Gasteiger partial charge is 0.454 e. The van der Waals surface area contributed by atoms with Crippen LogP contribution in [-0.4, -0.2) is 50.3 Å². The predicted octanol–water partition coefficient (Wildman–Crippen LogP) is 4.16. The minimum atomic E-state index is -0.814. The van der Waals surface area contributed by atoms with E-state index in [0.29, 0.717) is 26.2 Å². The zero-order valence-electron chi connectivity index (χ0n) is 18.6. The van der Waals surface area contributed by atoms with E-state index in [1.807, 2.05) is 60.7 Å². The number of nitrogens with zero attached hydrogens (tertiary/aromatic N) is 3. The number of ether oxygens (including phenoxy) is 5. The van der Waals surface area contributed by atoms with Gasteiger partial charge in [-0.25, -0.2) is 0 Å². The smallest absolute Gasteiger partial charge is 0.303 e. The van der Waals surface area contributed by atoms with Gasteiger partial charge in [-0.3, -0.25) is 4.79 Å². The number of carbonyl (C=O) groups excluding carboxylic acids is 1. The molecule has 1 aliphatic rings. The molecule has 0 bridgehead atoms. The molecule has 2 aromatic carbocycles. The van der Waals surface area contributed by atoms with E-state index in [0.717, 1.165) is 11.1 Å². The van der Waals surface area contributed by atoms with Crippen LogP contribution in [0.2, 0.25) is 0 Å². The van der Waals surface area contributed by atoms with Crippen molar-refractivity contribution in [3.05, 3.63) is 82.2 Å². The van der Waals surface area contributed by atoms with Crippen molar-refractivity contribution in [3.8, 4) is 0 Å². The summed E-state index contributed by atoms with van der Waals surface area (Å²) in [6, 6.07) is 19.5. The Kier molecular flexibility index (Phi) is 10.2. The van der Waals surface area contributed by atoms with Crippen molar-refractivity contribution in [2.24, 2.45) is 5.11 Å². The molecule has 0 radical (unpaired) electrons. The summed E-state index contributed by atoms with van der Waals surface area (Å²) in [5.74, 6) is -0.453. The molecule has 2 aromatic rings. The van der Waals surface area contributed by atoms with E-state index in [9.17, 15) is 4.79 Å². The van der Waals surface area contributed by atoms with Gasteiger partial charge < -0.3 is 23.7 Å². The summed E-state index contributed by atoms with van der Waals surface area (Å²) in [6.45, 7) is 2.91. The first-order valence-corrected chi connectivity index (χ1v) is 10.9. The van der Waals surface area contributed by atoms with Crippen LogP contribution < -0.4 is 0 Å². The van der Waals surface area contributed by atoms with E-state index in [1.165, 1.54) is 6.92 Å². The average Bonchev–Trinajstić information content (AvgIpc) is 3.14. The fraction of sp³-hybridized carbons (Fsp3) is 0.458. The Bertz CT molecular complexity index is 892. The average molecular weight is 456 g/mol. The molecule has 1 fully saturated rings. The van der Waals surface area contributed by atoms with Gasteiger partial charge in [-0.05, 0) is 23.1 Å². The molecule has 0 N–H and O–H groups in total. The molecule has 9 nitrogen and oxygen atoms in total. The van der Waals surface area contributed by atoms with E-state index in [-0.39, 0.29) is 13.2 Å². The van der Waals surface area contributed by atoms with Crippen LogP contribution in [0.25, 0.3) is 10.4 Å². The molecule has 4 atom stereocenters. The van der Waals surface area contributed by atoms with Crippen LogP contribution in [0.4, 0.5) is 0 Å². The molecule has 33 heavy (non-hydrogen) atoms. The van der Waals surface area contributed by atoms with Gasteiger partial charge in [0.25, 0.3) is 0 Å². The van der Waals surface area contributed by atoms with E-state index in [4.69, 9.17) is 29.2 Å². The van der Waals surface area contributed by atoms with Crippen molar-refractivity contribution in [2.75, 3.05) is 19.8 Å². The number of esters is 1. The van der Waals surface area contributed by atoms with Crippen LogP contribution in [0.5, 0.6) is 0 Å². The van der Waals surface area contributed by atoms with Gasteiger partial charge in [0.15, 0.2) is 12.4 Å². The Morgan fingerprint density at radius 2 is 1.67 bits per heavy atom. The molecule has 1 saturated heterocycles. The molecule has 0 amide bonds. The molecule has 0 aromatic heterocycles. The number of carbonyl (C=O) groups is 1. The molecule has 0 saturated carbocycles. The highest BCUT2D eigenvalue weighted by Crippen LogP contribution is 2.29. The van der Waals surface area contributed by atoms with Crippen LogP contribution >= 0.6 is 0 Å². The summed E-state index contributed by atoms with van der Waals surface area (Å²) in [6.07, 6.45) is -2.13. The summed E-state index contributed by atoms with van der Waals surface area (Å²) in [4.78, 5) is 14.5. The van der Waals surface area contributed by atoms with Gasteiger partial charge in [0.05, 0.1) is 26.4 Å². The van der Waals surface area contributed by atoms with Gasteiger partial charge in [-0.15, -0.1) is 0 Å². The third-order valence-corrected chi connectivity index (χ3v) is 5.00. The molecular formula is C24H29N3O6. The Hall–Kier alpha value is -2.94. The standard InChI is InChI=1S/C24H29N3O6/c1-18(28)32-23-22(31-16-20-11-6-3-7-12-20)21(17-29-15-19-9-4-2-5-10-19)33-24(23)30-14-8-13-26-27-25/h2-7,9-12,21-24H,8,13-17H2,1H3/t21-,22-,23+,24+/m1/s1. The van der Waals surface area contributed by atoms with Gasteiger partial charge >= 0.3 is 5.97 Å². The van der Waals surface area contributed by atoms with Gasteiger partial charge in [0, 0.05) is 18.4 Å². The summed E-state index contributed by atoms with van der Waals surface area (Å²) < 4.78 is 29.5. The van der Waals surface area contributed by atoms with Gasteiger partial charge in [0.1, 0.15) is 12.2 Å². The second kappa shape index (κ2) is 13.6. The Morgan fingerprint density at radius 1 is 1.00 bits per heavy atom. The zero-order chi connectivity index (χ0) is 23.3. The van der Waals surface area contributed by atoms with Crippen molar-refractivity contribution in [3.63, 3.8) is 0 Å². The zero-order valence-corrected chi connectivity index (χ0v) is 18.6. The first-order valence-electron chi connectivity index (χ1n) is 10.9. The third kappa shape index (κ3) is 8.16. The fourth-order valence-corrected chi connectivity index (χ4v) is 3.49. The fourth-order valence-electron chi connectivity index (χ4n) is 3.49. The Morgan fingerprint density at radius 3 is 2.30 bits per heavy atom. The molecule has 1 heterocycles. The van der Waals surface area contributed by atoms with Crippen LogP contribution in [-0.2, 0) is 41.7 Å². The lowest BCUT2D eigenvalue weighted by Crippen LogP contribution is -2.40. The first-order chi connectivity index (χ1) is 16.2. The molecule has 176 valence electrons. The normalized spacial score (nSPS) is 22.0. The number of benzene rings is 2. The van der Waals surface area contributed by atoms with Crippen molar-refractivity contribution < 1.29 is 28.5 Å². The highest BCUT2D eigenvalue weighted by atomic mass is 16.7. The number of azide groups is 1. The molecule has 0 aliphatic carbocycles. The highest BCUT2D eigenvalue weighted by molar-refractivity contribution is 5.66. The molecular weight excluding hydrogens is 426 g/mol. The highest BCUT2D eigenvalue weighted by Gasteiger charge is 2.48. The van der Waals surface area contributed by atoms with Crippen molar-refractivity contribution in [2.45, 2.75) is 51.2 Å². The van der Waals surface area contributed by atoms with Crippen LogP contribution in [0.15, 0.2) is 65.8 Å². The lowest BCUT2D eigenvalue weighted by molar-refractivity contribution is -0.189. The first kappa shape index (κ1) is 24.7. The number of hydrogen-bond acceptors (Lipinski definition) is 7. The van der Waals surface area contributed by atoms with Gasteiger partial charge in [-0.1, -0.05) is 65.8 Å². The lowest BCUT2D eigenvalue weighted by Gasteiger charge is -2.24. The van der Waals surface area contributed by atoms with Crippen molar-refractivity contribution >= 4 is 5.97 Å². The van der Waals surface area contributed by atoms with Crippen LogP contribution in [0, 0.1) is 0 Å². The van der Waals surface area contributed by atoms with Crippen LogP contribution in [0.3, 0.4) is 0 Å². The molecule has 0 unspecified atom stereocenters. The summed E-state index contributed by atoms with van der Waals surface area (Å²) in [7, 11) is 0. The predicted molar refractivity (Wildman–Crippen MR) is 120 cm³/mol. The molecule has 1 aliphatic heterocycles. The minimum Gasteiger partial charge on any atom is -0.454 e. The maximum Gasteiger partial charge on any atom is 0.303 e. The Labute approximate surface area is 193 Å². The second-order valence-electron chi connectivity index (χ2n) is 7.56. The van der Waals surface area contributed by atoms with Gasteiger partial charge in [-0.2, -0.15) is 0 Å². The summed E-state index contributed by atoms with van der Waals surface area (Å²) in [5, 5.41) is 3.50. The minimum absolute atomic E-state index is 0.241. The second-order valence-corrected chi connectivity index (χ2v) is 7.56. The van der Waals surface area contributed by atoms with E-state index < -0.39 is 30.6 Å². The number of rotatable bonds is 13. The topological polar surface area (TPSA) is 112 Å². The van der Waals surface area contributed by atoms with Crippen LogP contribution in [0.1, 0.15) is 24.5 Å². The van der Waals surface area contributed by atoms with Gasteiger partial charge in [0.2, 0.25) is 0 Å². The maximum absolute atomic E-state index is 11.8. The van der Waals surface area contributed by atoms with E-state index in [2.05, 4.69) is 10.0 Å². The lowest BCUT2D eigenvalue weighted by atomic mass is 10.1. The van der Waals surface area contributed by atoms with E-state index >= 15 is 0 Å². The molecule has 3 rings (SSSR count). The summed E-state index contributed by atoms with van der Waals surface area (Å²) >= 11 is 0. The van der Waals surface area contributed by atoms with Crippen molar-refractivity contribution in [1.82, 2.24) is 0 Å². The summed E-state index contributed by atoms with van der Waals surface area (Å²) in [5.41, 5.74) is 10.4. The molecule has 0 spiro atoms. The quantitative estimate of drug-likeness (QED) is 0.147. The molecule has 9 heteroatoms. The SMILES string of the molecule is CC(=O)O[C@@H]1[C@@H](OCCCN=[N+]=[N-])O[C@H](COCc2ccccc2)[C@H]1OCc1ccccc1. The Balaban J connectivity index is 1.66. The third-order valence-electron chi connectivity index (χ3n) is 5.00. The number of hydrogen-bond donors (Lipinski definition) is 0. The monoisotopic (exact) mass is 455 g/mol. The van der Waals surface area contributed by atoms with Crippen molar-refractivity contribution in [1.29, 1.82) is 0 Å². The maximum atomic E-state index is 11.8.